The minimum atomic E-state index is -4.03. The molecule has 2 aromatic carbocycles. The van der Waals surface area contributed by atoms with Gasteiger partial charge < -0.3 is 10.1 Å². The molecule has 0 aliphatic carbocycles. The van der Waals surface area contributed by atoms with Crippen molar-refractivity contribution >= 4 is 38.0 Å². The van der Waals surface area contributed by atoms with Gasteiger partial charge in [-0.1, -0.05) is 29.5 Å². The molecule has 0 aliphatic rings. The molecular formula is C26H20F3NO4S2. The third-order valence-electron chi connectivity index (χ3n) is 5.76. The third kappa shape index (κ3) is 5.03. The van der Waals surface area contributed by atoms with Crippen LogP contribution in [-0.4, -0.2) is 30.2 Å². The fraction of sp³-hybridized carbons (Fsp3) is 0.192. The maximum absolute atomic E-state index is 14.7. The van der Waals surface area contributed by atoms with Crippen LogP contribution in [0.25, 0.3) is 10.9 Å². The van der Waals surface area contributed by atoms with E-state index in [1.165, 1.54) is 12.3 Å². The number of rotatable bonds is 6. The van der Waals surface area contributed by atoms with Crippen molar-refractivity contribution < 1.29 is 31.5 Å². The zero-order valence-electron chi connectivity index (χ0n) is 19.2. The van der Waals surface area contributed by atoms with Gasteiger partial charge in [0.2, 0.25) is 0 Å². The molecule has 2 aromatic heterocycles. The zero-order chi connectivity index (χ0) is 26.2. The van der Waals surface area contributed by atoms with E-state index in [9.17, 15) is 31.5 Å². The van der Waals surface area contributed by atoms with Crippen molar-refractivity contribution in [1.82, 2.24) is 4.98 Å². The van der Waals surface area contributed by atoms with Crippen LogP contribution in [0.15, 0.2) is 46.8 Å². The first-order valence-electron chi connectivity index (χ1n) is 10.7. The maximum Gasteiger partial charge on any atom is 0.307 e. The Morgan fingerprint density at radius 3 is 2.39 bits per heavy atom. The molecule has 4 aromatic rings. The lowest BCUT2D eigenvalue weighted by Gasteiger charge is -2.12. The smallest absolute Gasteiger partial charge is 0.307 e. The molecule has 186 valence electrons. The highest BCUT2D eigenvalue weighted by molar-refractivity contribution is 7.93. The van der Waals surface area contributed by atoms with Crippen LogP contribution < -0.4 is 0 Å². The van der Waals surface area contributed by atoms with E-state index in [-0.39, 0.29) is 15.2 Å². The normalized spacial score (nSPS) is 12.4. The molecule has 10 heteroatoms. The van der Waals surface area contributed by atoms with Crippen LogP contribution in [0.3, 0.4) is 0 Å². The van der Waals surface area contributed by atoms with Gasteiger partial charge in [0.25, 0.3) is 0 Å². The van der Waals surface area contributed by atoms with Gasteiger partial charge in [-0.15, -0.1) is 11.3 Å². The van der Waals surface area contributed by atoms with Gasteiger partial charge in [0.15, 0.2) is 21.5 Å². The molecule has 0 unspecified atom stereocenters. The molecule has 0 saturated carbocycles. The van der Waals surface area contributed by atoms with Gasteiger partial charge in [0.05, 0.1) is 22.1 Å². The van der Waals surface area contributed by atoms with Crippen LogP contribution in [0.2, 0.25) is 0 Å². The summed E-state index contributed by atoms with van der Waals surface area (Å²) in [5.41, 5.74) is 0.913. The van der Waals surface area contributed by atoms with E-state index >= 15 is 0 Å². The first kappa shape index (κ1) is 25.5. The van der Waals surface area contributed by atoms with Crippen molar-refractivity contribution in [2.45, 2.75) is 24.5 Å². The number of hydrogen-bond donors (Lipinski definition) is 2. The number of carboxylic acid groups (broad SMARTS) is 1. The number of fused-ring (bicyclic) bond motifs is 1. The fourth-order valence-corrected chi connectivity index (χ4v) is 6.56. The lowest BCUT2D eigenvalue weighted by Crippen LogP contribution is -2.25. The molecule has 0 radical (unpaired) electrons. The van der Waals surface area contributed by atoms with Crippen LogP contribution in [0.4, 0.5) is 13.2 Å². The predicted octanol–water partition coefficient (Wildman–Crippen LogP) is 5.38. The van der Waals surface area contributed by atoms with Crippen molar-refractivity contribution in [3.8, 4) is 11.8 Å². The molecule has 0 amide bonds. The predicted molar refractivity (Wildman–Crippen MR) is 131 cm³/mol. The summed E-state index contributed by atoms with van der Waals surface area (Å²) in [6.45, 7) is 3.02. The quantitative estimate of drug-likeness (QED) is 0.258. The van der Waals surface area contributed by atoms with Gasteiger partial charge >= 0.3 is 5.97 Å². The van der Waals surface area contributed by atoms with Crippen molar-refractivity contribution in [1.29, 1.82) is 0 Å². The van der Waals surface area contributed by atoms with Gasteiger partial charge in [-0.2, -0.15) is 0 Å². The van der Waals surface area contributed by atoms with E-state index in [1.807, 2.05) is 31.2 Å². The Hall–Kier alpha value is -3.55. The maximum atomic E-state index is 14.7. The summed E-state index contributed by atoms with van der Waals surface area (Å²) < 4.78 is 68.8. The number of sulfone groups is 1. The number of H-pyrrole nitrogens is 1. The molecule has 2 N–H and O–H groups in total. The van der Waals surface area contributed by atoms with E-state index in [0.717, 1.165) is 29.4 Å². The Labute approximate surface area is 209 Å². The number of thiophene rings is 1. The number of carbonyl (C=O) groups is 1. The summed E-state index contributed by atoms with van der Waals surface area (Å²) in [6, 6.07) is 10.4. The third-order valence-corrected chi connectivity index (χ3v) is 9.16. The second kappa shape index (κ2) is 9.84. The van der Waals surface area contributed by atoms with Gasteiger partial charge in [0, 0.05) is 22.7 Å². The van der Waals surface area contributed by atoms with E-state index in [4.69, 9.17) is 0 Å². The summed E-state index contributed by atoms with van der Waals surface area (Å²) >= 11 is 0.922. The number of aromatic nitrogens is 1. The number of aromatic amines is 1. The van der Waals surface area contributed by atoms with Crippen molar-refractivity contribution in [3.05, 3.63) is 87.2 Å². The van der Waals surface area contributed by atoms with E-state index < -0.39 is 62.4 Å². The molecule has 0 aliphatic heterocycles. The van der Waals surface area contributed by atoms with Crippen LogP contribution in [0, 0.1) is 49.1 Å². The Kier molecular flexibility index (Phi) is 6.98. The minimum absolute atomic E-state index is 0.0444. The monoisotopic (exact) mass is 531 g/mol. The fourth-order valence-electron chi connectivity index (χ4n) is 3.76. The summed E-state index contributed by atoms with van der Waals surface area (Å²) in [6.07, 6.45) is 0.767. The Morgan fingerprint density at radius 2 is 1.72 bits per heavy atom. The molecule has 4 rings (SSSR count). The van der Waals surface area contributed by atoms with E-state index in [1.54, 1.807) is 6.07 Å². The van der Waals surface area contributed by atoms with Gasteiger partial charge in [-0.05, 0) is 50.1 Å². The number of aryl methyl sites for hydroxylation is 1. The average Bonchev–Trinajstić information content (AvgIpc) is 3.48. The molecule has 5 nitrogen and oxygen atoms in total. The number of aliphatic carboxylic acids is 1. The zero-order valence-corrected chi connectivity index (χ0v) is 20.8. The second-order valence-electron chi connectivity index (χ2n) is 8.39. The van der Waals surface area contributed by atoms with Crippen LogP contribution in [0.1, 0.15) is 27.1 Å². The summed E-state index contributed by atoms with van der Waals surface area (Å²) in [7, 11) is -4.03. The number of carboxylic acids is 1. The van der Waals surface area contributed by atoms with Crippen molar-refractivity contribution in [2.24, 2.45) is 5.92 Å². The molecule has 36 heavy (non-hydrogen) atoms. The highest BCUT2D eigenvalue weighted by Gasteiger charge is 2.30. The van der Waals surface area contributed by atoms with Crippen LogP contribution >= 0.6 is 11.3 Å². The standard InChI is InChI=1S/C26H20F3NO4S2/c1-14-3-5-16(6-4-14)7-8-19-9-10-20(35-19)36(33,34)13-18(26(31)32)11-17-12-30-25-21(17)22(27)15(2)23(28)24(25)29/h3-6,9-10,12,18,30H,11,13H2,1-2H3,(H,31,32)/t18-/m1/s1. The summed E-state index contributed by atoms with van der Waals surface area (Å²) in [5, 5.41) is 9.40. The van der Waals surface area contributed by atoms with Gasteiger partial charge in [-0.25, -0.2) is 21.6 Å². The molecule has 2 heterocycles. The topological polar surface area (TPSA) is 87.2 Å². The van der Waals surface area contributed by atoms with Crippen molar-refractivity contribution in [3.63, 3.8) is 0 Å². The Morgan fingerprint density at radius 1 is 1.03 bits per heavy atom. The van der Waals surface area contributed by atoms with Crippen LogP contribution in [-0.2, 0) is 21.1 Å². The van der Waals surface area contributed by atoms with Crippen molar-refractivity contribution in [2.75, 3.05) is 5.75 Å². The minimum Gasteiger partial charge on any atom is -0.481 e. The van der Waals surface area contributed by atoms with Crippen LogP contribution in [0.5, 0.6) is 0 Å². The summed E-state index contributed by atoms with van der Waals surface area (Å²) in [5.74, 6) is -1.42. The number of hydrogen-bond acceptors (Lipinski definition) is 4. The first-order chi connectivity index (χ1) is 17.0. The SMILES string of the molecule is Cc1ccc(C#Cc2ccc(S(=O)(=O)C[C@@H](Cc3c[nH]c4c(F)c(F)c(C)c(F)c34)C(=O)O)s2)cc1. The average molecular weight is 532 g/mol. The molecule has 0 fully saturated rings. The van der Waals surface area contributed by atoms with E-state index in [0.29, 0.717) is 4.88 Å². The largest absolute Gasteiger partial charge is 0.481 e. The van der Waals surface area contributed by atoms with Gasteiger partial charge in [-0.3, -0.25) is 4.79 Å². The number of nitrogens with one attached hydrogen (secondary N) is 1. The summed E-state index contributed by atoms with van der Waals surface area (Å²) in [4.78, 5) is 14.8. The Balaban J connectivity index is 1.58. The van der Waals surface area contributed by atoms with Gasteiger partial charge in [0.1, 0.15) is 10.0 Å². The molecule has 1 atom stereocenters. The molecule has 0 saturated heterocycles. The number of halogens is 3. The highest BCUT2D eigenvalue weighted by atomic mass is 32.2. The highest BCUT2D eigenvalue weighted by Crippen LogP contribution is 2.32. The molecular weight excluding hydrogens is 511 g/mol. The molecule has 0 spiro atoms. The lowest BCUT2D eigenvalue weighted by molar-refractivity contribution is -0.140. The first-order valence-corrected chi connectivity index (χ1v) is 13.2. The molecule has 0 bridgehead atoms. The Bertz CT molecular complexity index is 1640. The number of benzene rings is 2. The van der Waals surface area contributed by atoms with E-state index in [2.05, 4.69) is 16.8 Å². The second-order valence-corrected chi connectivity index (χ2v) is 11.7. The lowest BCUT2D eigenvalue weighted by atomic mass is 9.99.